The van der Waals surface area contributed by atoms with Gasteiger partial charge in [-0.2, -0.15) is 0 Å². The summed E-state index contributed by atoms with van der Waals surface area (Å²) in [5.74, 6) is -1.80. The molecule has 2 fully saturated rings. The van der Waals surface area contributed by atoms with E-state index in [4.69, 9.17) is 4.74 Å². The Morgan fingerprint density at radius 3 is 2.34 bits per heavy atom. The van der Waals surface area contributed by atoms with E-state index in [-0.39, 0.29) is 22.9 Å². The number of halogens is 1. The molecule has 2 aliphatic rings. The molecule has 1 saturated heterocycles. The molecule has 1 heterocycles. The van der Waals surface area contributed by atoms with Gasteiger partial charge in [-0.05, 0) is 48.1 Å². The highest BCUT2D eigenvalue weighted by molar-refractivity contribution is 6.46. The van der Waals surface area contributed by atoms with Crippen LogP contribution >= 0.6 is 0 Å². The maximum atomic E-state index is 14.0. The molecule has 1 saturated carbocycles. The maximum absolute atomic E-state index is 14.0. The van der Waals surface area contributed by atoms with E-state index in [1.54, 1.807) is 4.90 Å². The van der Waals surface area contributed by atoms with Crippen LogP contribution in [0.4, 0.5) is 4.39 Å². The van der Waals surface area contributed by atoms with Crippen molar-refractivity contribution in [3.05, 3.63) is 70.5 Å². The number of methoxy groups -OCH3 is 1. The third-order valence-electron chi connectivity index (χ3n) is 6.53. The zero-order valence-corrected chi connectivity index (χ0v) is 18.6. The molecule has 1 aliphatic heterocycles. The third kappa shape index (κ3) is 3.78. The predicted molar refractivity (Wildman–Crippen MR) is 120 cm³/mol. The summed E-state index contributed by atoms with van der Waals surface area (Å²) in [5, 5.41) is 11.2. The second kappa shape index (κ2) is 8.77. The van der Waals surface area contributed by atoms with Gasteiger partial charge in [0.2, 0.25) is 0 Å². The summed E-state index contributed by atoms with van der Waals surface area (Å²) in [6, 6.07) is 10.7. The topological polar surface area (TPSA) is 66.8 Å². The van der Waals surface area contributed by atoms with Crippen molar-refractivity contribution >= 4 is 17.4 Å². The zero-order valence-electron chi connectivity index (χ0n) is 18.6. The summed E-state index contributed by atoms with van der Waals surface area (Å²) in [6.45, 7) is 4.19. The quantitative estimate of drug-likeness (QED) is 0.390. The van der Waals surface area contributed by atoms with Crippen LogP contribution in [0.2, 0.25) is 0 Å². The summed E-state index contributed by atoms with van der Waals surface area (Å²) in [4.78, 5) is 28.0. The number of ketones is 1. The van der Waals surface area contributed by atoms with Crippen molar-refractivity contribution < 1.29 is 23.8 Å². The van der Waals surface area contributed by atoms with Crippen LogP contribution in [0.1, 0.15) is 68.2 Å². The van der Waals surface area contributed by atoms with Gasteiger partial charge in [-0.1, -0.05) is 51.0 Å². The van der Waals surface area contributed by atoms with Crippen molar-refractivity contribution in [3.8, 4) is 5.75 Å². The van der Waals surface area contributed by atoms with Crippen LogP contribution in [0.15, 0.2) is 48.0 Å². The average Bonchev–Trinajstić information content (AvgIpc) is 3.40. The van der Waals surface area contributed by atoms with Crippen molar-refractivity contribution in [1.29, 1.82) is 0 Å². The van der Waals surface area contributed by atoms with Gasteiger partial charge in [0, 0.05) is 6.04 Å². The van der Waals surface area contributed by atoms with Gasteiger partial charge in [0.25, 0.3) is 11.7 Å². The molecule has 1 N–H and O–H groups in total. The number of benzene rings is 2. The molecule has 6 heteroatoms. The first-order chi connectivity index (χ1) is 15.3. The SMILES string of the molecule is COc1ccc(F)cc1/C(O)=C1\C(=O)C(=O)N(C2CCCC2)C1c1ccc(C(C)C)cc1. The molecule has 1 atom stereocenters. The van der Waals surface area contributed by atoms with Crippen LogP contribution in [0.5, 0.6) is 5.75 Å². The number of ether oxygens (including phenoxy) is 1. The van der Waals surface area contributed by atoms with Gasteiger partial charge >= 0.3 is 0 Å². The smallest absolute Gasteiger partial charge is 0.295 e. The molecule has 0 aromatic heterocycles. The number of aliphatic hydroxyl groups is 1. The van der Waals surface area contributed by atoms with Crippen LogP contribution in [0, 0.1) is 5.82 Å². The minimum Gasteiger partial charge on any atom is -0.507 e. The molecule has 1 aliphatic carbocycles. The van der Waals surface area contributed by atoms with E-state index in [0.29, 0.717) is 5.92 Å². The number of carbonyl (C=O) groups excluding carboxylic acids is 2. The van der Waals surface area contributed by atoms with Gasteiger partial charge in [-0.15, -0.1) is 0 Å². The number of carbonyl (C=O) groups is 2. The molecule has 5 nitrogen and oxygen atoms in total. The minimum absolute atomic E-state index is 0.0249. The Balaban J connectivity index is 1.90. The fourth-order valence-corrected chi connectivity index (χ4v) is 4.81. The highest BCUT2D eigenvalue weighted by atomic mass is 19.1. The van der Waals surface area contributed by atoms with Crippen molar-refractivity contribution in [3.63, 3.8) is 0 Å². The van der Waals surface area contributed by atoms with Gasteiger partial charge < -0.3 is 14.7 Å². The maximum Gasteiger partial charge on any atom is 0.295 e. The van der Waals surface area contributed by atoms with Gasteiger partial charge in [0.1, 0.15) is 17.3 Å². The van der Waals surface area contributed by atoms with Crippen LogP contribution in [-0.4, -0.2) is 34.8 Å². The number of hydrogen-bond acceptors (Lipinski definition) is 4. The van der Waals surface area contributed by atoms with Gasteiger partial charge in [-0.3, -0.25) is 9.59 Å². The van der Waals surface area contributed by atoms with Crippen molar-refractivity contribution in [2.45, 2.75) is 57.5 Å². The Bertz CT molecular complexity index is 1070. The number of nitrogens with zero attached hydrogens (tertiary/aromatic N) is 1. The second-order valence-electron chi connectivity index (χ2n) is 8.81. The highest BCUT2D eigenvalue weighted by Crippen LogP contribution is 2.44. The number of hydrogen-bond donors (Lipinski definition) is 1. The van der Waals surface area contributed by atoms with Gasteiger partial charge in [0.05, 0.1) is 24.3 Å². The summed E-state index contributed by atoms with van der Waals surface area (Å²) >= 11 is 0. The molecule has 0 bridgehead atoms. The Labute approximate surface area is 187 Å². The molecule has 1 amide bonds. The Kier molecular flexibility index (Phi) is 6.04. The molecule has 2 aromatic carbocycles. The summed E-state index contributed by atoms with van der Waals surface area (Å²) in [7, 11) is 1.41. The second-order valence-corrected chi connectivity index (χ2v) is 8.81. The summed E-state index contributed by atoms with van der Waals surface area (Å²) in [5.41, 5.74) is 1.92. The van der Waals surface area contributed by atoms with Crippen molar-refractivity contribution in [2.24, 2.45) is 0 Å². The Hall–Kier alpha value is -3.15. The first-order valence-corrected chi connectivity index (χ1v) is 11.1. The van der Waals surface area contributed by atoms with E-state index in [0.717, 1.165) is 42.9 Å². The molecule has 4 rings (SSSR count). The van der Waals surface area contributed by atoms with E-state index >= 15 is 0 Å². The predicted octanol–water partition coefficient (Wildman–Crippen LogP) is 5.32. The lowest BCUT2D eigenvalue weighted by atomic mass is 9.92. The zero-order chi connectivity index (χ0) is 23.0. The fourth-order valence-electron chi connectivity index (χ4n) is 4.81. The molecule has 1 unspecified atom stereocenters. The van der Waals surface area contributed by atoms with Crippen molar-refractivity contribution in [1.82, 2.24) is 4.90 Å². The average molecular weight is 438 g/mol. The molecule has 32 heavy (non-hydrogen) atoms. The summed E-state index contributed by atoms with van der Waals surface area (Å²) < 4.78 is 19.3. The molecule has 168 valence electrons. The first kappa shape index (κ1) is 22.1. The van der Waals surface area contributed by atoms with Crippen LogP contribution < -0.4 is 4.74 Å². The monoisotopic (exact) mass is 437 g/mol. The standard InChI is InChI=1S/C26H28FNO4/c1-15(2)16-8-10-17(11-9-16)23-22(24(29)20-14-18(27)12-13-21(20)32-3)25(30)26(31)28(23)19-6-4-5-7-19/h8-15,19,23,29H,4-7H2,1-3H3/b24-22+. The Morgan fingerprint density at radius 2 is 1.75 bits per heavy atom. The van der Waals surface area contributed by atoms with Crippen LogP contribution in [-0.2, 0) is 9.59 Å². The minimum atomic E-state index is -0.751. The van der Waals surface area contributed by atoms with E-state index in [1.165, 1.54) is 19.2 Å². The number of likely N-dealkylation sites (tertiary alicyclic amines) is 1. The molecular weight excluding hydrogens is 409 g/mol. The Morgan fingerprint density at radius 1 is 1.09 bits per heavy atom. The van der Waals surface area contributed by atoms with Gasteiger partial charge in [0.15, 0.2) is 0 Å². The van der Waals surface area contributed by atoms with Crippen LogP contribution in [0.3, 0.4) is 0 Å². The lowest BCUT2D eigenvalue weighted by Crippen LogP contribution is -2.37. The third-order valence-corrected chi connectivity index (χ3v) is 6.53. The highest BCUT2D eigenvalue weighted by Gasteiger charge is 2.49. The number of rotatable bonds is 5. The van der Waals surface area contributed by atoms with E-state index in [1.807, 2.05) is 24.3 Å². The van der Waals surface area contributed by atoms with Gasteiger partial charge in [-0.25, -0.2) is 4.39 Å². The fraction of sp³-hybridized carbons (Fsp3) is 0.385. The number of Topliss-reactive ketones (excluding diaryl/α,β-unsaturated/α-hetero) is 1. The van der Waals surface area contributed by atoms with Crippen LogP contribution in [0.25, 0.3) is 5.76 Å². The number of amides is 1. The van der Waals surface area contributed by atoms with Crippen molar-refractivity contribution in [2.75, 3.05) is 7.11 Å². The lowest BCUT2D eigenvalue weighted by Gasteiger charge is -2.31. The summed E-state index contributed by atoms with van der Waals surface area (Å²) in [6.07, 6.45) is 3.61. The molecule has 0 radical (unpaired) electrons. The van der Waals surface area contributed by atoms with E-state index in [2.05, 4.69) is 13.8 Å². The van der Waals surface area contributed by atoms with E-state index < -0.39 is 29.3 Å². The molecule has 0 spiro atoms. The molecular formula is C26H28FNO4. The first-order valence-electron chi connectivity index (χ1n) is 11.1. The van der Waals surface area contributed by atoms with E-state index in [9.17, 15) is 19.1 Å². The number of aliphatic hydroxyl groups excluding tert-OH is 1. The molecule has 2 aromatic rings. The lowest BCUT2D eigenvalue weighted by molar-refractivity contribution is -0.141. The normalized spacial score (nSPS) is 21.0. The largest absolute Gasteiger partial charge is 0.507 e.